The average Bonchev–Trinajstić information content (AvgIpc) is 3.63. The van der Waals surface area contributed by atoms with Crippen LogP contribution in [0, 0.1) is 11.3 Å². The second kappa shape index (κ2) is 8.65. The summed E-state index contributed by atoms with van der Waals surface area (Å²) in [7, 11) is 0. The lowest BCUT2D eigenvalue weighted by atomic mass is 10.1. The predicted molar refractivity (Wildman–Crippen MR) is 122 cm³/mol. The molecule has 9 heteroatoms. The fourth-order valence-corrected chi connectivity index (χ4v) is 3.59. The second-order valence-corrected chi connectivity index (χ2v) is 7.42. The average molecular weight is 473 g/mol. The molecule has 0 atom stereocenters. The molecule has 0 fully saturated rings. The summed E-state index contributed by atoms with van der Waals surface area (Å²) in [6, 6.07) is 16.8. The molecule has 0 aliphatic heterocycles. The first-order valence-electron chi connectivity index (χ1n) is 9.87. The van der Waals surface area contributed by atoms with E-state index in [1.165, 1.54) is 30.9 Å². The number of aliphatic imine (C=N–C) groups is 1. The van der Waals surface area contributed by atoms with Crippen molar-refractivity contribution in [2.24, 2.45) is 4.99 Å². The Labute approximate surface area is 196 Å². The molecule has 5 rings (SSSR count). The van der Waals surface area contributed by atoms with Crippen molar-refractivity contribution in [3.8, 4) is 40.2 Å². The van der Waals surface area contributed by atoms with Crippen LogP contribution in [0.1, 0.15) is 21.7 Å². The molecule has 166 valence electrons. The number of halogens is 1. The van der Waals surface area contributed by atoms with Gasteiger partial charge in [0.15, 0.2) is 11.5 Å². The molecule has 34 heavy (non-hydrogen) atoms. The number of carboxylic acid groups (broad SMARTS) is 1. The van der Waals surface area contributed by atoms with Crippen molar-refractivity contribution in [3.63, 3.8) is 0 Å². The lowest BCUT2D eigenvalue weighted by Crippen LogP contribution is -1.97. The van der Waals surface area contributed by atoms with Crippen LogP contribution in [0.5, 0.6) is 0 Å². The first kappa shape index (κ1) is 21.1. The number of rotatable bonds is 6. The third-order valence-corrected chi connectivity index (χ3v) is 5.26. The molecule has 0 bridgehead atoms. The first-order chi connectivity index (χ1) is 16.5. The topological polar surface area (TPSA) is 126 Å². The largest absolute Gasteiger partial charge is 0.478 e. The van der Waals surface area contributed by atoms with Crippen molar-refractivity contribution < 1.29 is 27.6 Å². The van der Waals surface area contributed by atoms with Gasteiger partial charge in [-0.15, -0.1) is 0 Å². The zero-order valence-electron chi connectivity index (χ0n) is 17.2. The summed E-state index contributed by atoms with van der Waals surface area (Å²) in [5, 5.41) is 19.2. The number of nitrogens with zero attached hydrogens (tertiary/aromatic N) is 2. The SMILES string of the molecule is N#Cc1c(N=Cc2ccc(-c3ccc(Cl)c(C(=O)O)c3)o2)oc(-c2ccco2)c1-c1ccco1. The zero-order chi connectivity index (χ0) is 23.7. The molecule has 0 saturated heterocycles. The number of nitriles is 1. The maximum absolute atomic E-state index is 11.3. The highest BCUT2D eigenvalue weighted by atomic mass is 35.5. The van der Waals surface area contributed by atoms with Crippen LogP contribution in [0.25, 0.3) is 34.2 Å². The Morgan fingerprint density at radius 1 is 1.00 bits per heavy atom. The first-order valence-corrected chi connectivity index (χ1v) is 10.2. The molecule has 0 aliphatic carbocycles. The van der Waals surface area contributed by atoms with Gasteiger partial charge in [0, 0.05) is 5.56 Å². The van der Waals surface area contributed by atoms with Crippen molar-refractivity contribution in [2.45, 2.75) is 0 Å². The maximum atomic E-state index is 11.3. The fraction of sp³-hybridized carbons (Fsp3) is 0. The Bertz CT molecular complexity index is 1550. The molecule has 1 aromatic carbocycles. The summed E-state index contributed by atoms with van der Waals surface area (Å²) < 4.78 is 22.6. The van der Waals surface area contributed by atoms with Gasteiger partial charge in [0.05, 0.1) is 34.9 Å². The second-order valence-electron chi connectivity index (χ2n) is 7.01. The molecule has 1 N–H and O–H groups in total. The Balaban J connectivity index is 1.51. The minimum Gasteiger partial charge on any atom is -0.478 e. The minimum absolute atomic E-state index is 0.0315. The smallest absolute Gasteiger partial charge is 0.337 e. The predicted octanol–water partition coefficient (Wildman–Crippen LogP) is 7.03. The Morgan fingerprint density at radius 3 is 2.44 bits per heavy atom. The van der Waals surface area contributed by atoms with E-state index in [-0.39, 0.29) is 22.0 Å². The Hall–Kier alpha value is -4.74. The van der Waals surface area contributed by atoms with Crippen LogP contribution in [0.2, 0.25) is 5.02 Å². The van der Waals surface area contributed by atoms with Gasteiger partial charge in [-0.2, -0.15) is 5.26 Å². The van der Waals surface area contributed by atoms with Crippen molar-refractivity contribution in [1.82, 2.24) is 0 Å². The van der Waals surface area contributed by atoms with Crippen LogP contribution in [0.15, 0.2) is 89.8 Å². The molecule has 0 radical (unpaired) electrons. The van der Waals surface area contributed by atoms with Crippen LogP contribution >= 0.6 is 11.6 Å². The van der Waals surface area contributed by atoms with Crippen molar-refractivity contribution in [3.05, 3.63) is 89.0 Å². The van der Waals surface area contributed by atoms with Gasteiger partial charge in [-0.05, 0) is 54.6 Å². The van der Waals surface area contributed by atoms with Crippen LogP contribution < -0.4 is 0 Å². The van der Waals surface area contributed by atoms with E-state index in [0.717, 1.165) is 0 Å². The maximum Gasteiger partial charge on any atom is 0.337 e. The van der Waals surface area contributed by atoms with E-state index in [4.69, 9.17) is 29.3 Å². The number of hydrogen-bond donors (Lipinski definition) is 1. The fourth-order valence-electron chi connectivity index (χ4n) is 3.39. The van der Waals surface area contributed by atoms with Gasteiger partial charge in [-0.3, -0.25) is 0 Å². The van der Waals surface area contributed by atoms with Gasteiger partial charge in [0.25, 0.3) is 0 Å². The van der Waals surface area contributed by atoms with E-state index in [1.807, 2.05) is 0 Å². The summed E-state index contributed by atoms with van der Waals surface area (Å²) in [6.07, 6.45) is 4.39. The van der Waals surface area contributed by atoms with Gasteiger partial charge in [-0.1, -0.05) is 11.6 Å². The Morgan fingerprint density at radius 2 is 1.76 bits per heavy atom. The third-order valence-electron chi connectivity index (χ3n) is 4.93. The normalized spacial score (nSPS) is 11.2. The summed E-state index contributed by atoms with van der Waals surface area (Å²) >= 11 is 5.94. The van der Waals surface area contributed by atoms with E-state index < -0.39 is 5.97 Å². The summed E-state index contributed by atoms with van der Waals surface area (Å²) in [5.41, 5.74) is 1.11. The van der Waals surface area contributed by atoms with Crippen LogP contribution in [-0.2, 0) is 0 Å². The highest BCUT2D eigenvalue weighted by molar-refractivity contribution is 6.33. The molecule has 8 nitrogen and oxygen atoms in total. The quantitative estimate of drug-likeness (QED) is 0.263. The summed E-state index contributed by atoms with van der Waals surface area (Å²) in [5.74, 6) is 0.868. The monoisotopic (exact) mass is 472 g/mol. The summed E-state index contributed by atoms with van der Waals surface area (Å²) in [6.45, 7) is 0. The van der Waals surface area contributed by atoms with E-state index in [9.17, 15) is 15.2 Å². The van der Waals surface area contributed by atoms with E-state index in [2.05, 4.69) is 11.1 Å². The molecular formula is C25H13ClN2O6. The summed E-state index contributed by atoms with van der Waals surface area (Å²) in [4.78, 5) is 15.7. The highest BCUT2D eigenvalue weighted by Crippen LogP contribution is 2.42. The molecule has 0 unspecified atom stereocenters. The van der Waals surface area contributed by atoms with Gasteiger partial charge in [0.1, 0.15) is 28.9 Å². The standard InChI is InChI=1S/C25H13ClN2O6/c26-18-7-5-14(11-16(18)25(29)30)19-8-6-15(33-19)13-28-24-17(12-27)22(20-3-1-9-31-20)23(34-24)21-4-2-10-32-21/h1-11,13H,(H,29,30). The number of hydrogen-bond acceptors (Lipinski definition) is 7. The molecule has 0 amide bonds. The van der Waals surface area contributed by atoms with E-state index >= 15 is 0 Å². The molecule has 5 aromatic rings. The molecule has 4 heterocycles. The van der Waals surface area contributed by atoms with Gasteiger partial charge in [-0.25, -0.2) is 9.79 Å². The minimum atomic E-state index is -1.14. The molecule has 0 aliphatic rings. The van der Waals surface area contributed by atoms with E-state index in [0.29, 0.717) is 39.9 Å². The Kier molecular flexibility index (Phi) is 5.38. The number of aromatic carboxylic acids is 1. The van der Waals surface area contributed by atoms with Crippen molar-refractivity contribution >= 4 is 29.7 Å². The lowest BCUT2D eigenvalue weighted by molar-refractivity contribution is 0.0697. The molecule has 0 saturated carbocycles. The van der Waals surface area contributed by atoms with Crippen LogP contribution in [-0.4, -0.2) is 17.3 Å². The van der Waals surface area contributed by atoms with Crippen LogP contribution in [0.3, 0.4) is 0 Å². The lowest BCUT2D eigenvalue weighted by Gasteiger charge is -2.01. The highest BCUT2D eigenvalue weighted by Gasteiger charge is 2.26. The zero-order valence-corrected chi connectivity index (χ0v) is 17.9. The molecule has 0 spiro atoms. The third kappa shape index (κ3) is 3.81. The molecule has 4 aromatic heterocycles. The van der Waals surface area contributed by atoms with Crippen molar-refractivity contribution in [2.75, 3.05) is 0 Å². The van der Waals surface area contributed by atoms with Gasteiger partial charge < -0.3 is 22.8 Å². The van der Waals surface area contributed by atoms with Crippen molar-refractivity contribution in [1.29, 1.82) is 5.26 Å². The van der Waals surface area contributed by atoms with Crippen LogP contribution in [0.4, 0.5) is 5.88 Å². The van der Waals surface area contributed by atoms with Gasteiger partial charge in [0.2, 0.25) is 5.88 Å². The van der Waals surface area contributed by atoms with Gasteiger partial charge >= 0.3 is 5.97 Å². The molecular weight excluding hydrogens is 460 g/mol. The number of benzene rings is 1. The number of furan rings is 4. The number of carbonyl (C=O) groups is 1. The van der Waals surface area contributed by atoms with E-state index in [1.54, 1.807) is 42.5 Å². The number of carboxylic acids is 1.